The maximum atomic E-state index is 12.3. The van der Waals surface area contributed by atoms with Crippen LogP contribution >= 0.6 is 11.8 Å². The molecule has 2 aromatic carbocycles. The second kappa shape index (κ2) is 18.6. The number of carbonyl (C=O) groups excluding carboxylic acids is 1. The van der Waals surface area contributed by atoms with Crippen LogP contribution in [0.15, 0.2) is 60.1 Å². The smallest absolute Gasteiger partial charge is 0.262 e. The highest BCUT2D eigenvalue weighted by Crippen LogP contribution is 2.20. The van der Waals surface area contributed by atoms with Crippen LogP contribution in [0.2, 0.25) is 0 Å². The summed E-state index contributed by atoms with van der Waals surface area (Å²) in [4.78, 5) is 14.5. The molecule has 0 atom stereocenters. The number of hydrogen-bond donors (Lipinski definition) is 1. The van der Waals surface area contributed by atoms with Crippen molar-refractivity contribution in [3.05, 3.63) is 65.7 Å². The molecule has 38 heavy (non-hydrogen) atoms. The number of amides is 1. The Morgan fingerprint density at radius 1 is 0.789 bits per heavy atom. The Bertz CT molecular complexity index is 931. The lowest BCUT2D eigenvalue weighted by atomic mass is 10.1. The van der Waals surface area contributed by atoms with Crippen LogP contribution in [0.4, 0.5) is 5.69 Å². The molecular formula is C32H46N2O3S. The van der Waals surface area contributed by atoms with Crippen molar-refractivity contribution in [3.63, 3.8) is 0 Å². The molecule has 0 fully saturated rings. The summed E-state index contributed by atoms with van der Waals surface area (Å²) in [5.41, 5.74) is 1.99. The summed E-state index contributed by atoms with van der Waals surface area (Å²) in [5, 5.41) is 5.00. The topological polar surface area (TPSA) is 50.8 Å². The van der Waals surface area contributed by atoms with Gasteiger partial charge in [0.2, 0.25) is 0 Å². The Balaban J connectivity index is 1.19. The predicted octanol–water partition coefficient (Wildman–Crippen LogP) is 8.76. The normalized spacial score (nSPS) is 12.6. The minimum absolute atomic E-state index is 0.0311. The first-order valence-electron chi connectivity index (χ1n) is 14.5. The first kappa shape index (κ1) is 29.9. The number of carbonyl (C=O) groups is 1. The monoisotopic (exact) mass is 538 g/mol. The van der Waals surface area contributed by atoms with Crippen molar-refractivity contribution >= 4 is 23.4 Å². The van der Waals surface area contributed by atoms with Crippen molar-refractivity contribution in [2.75, 3.05) is 24.4 Å². The summed E-state index contributed by atoms with van der Waals surface area (Å²) in [6, 6.07) is 15.5. The molecule has 1 heterocycles. The lowest BCUT2D eigenvalue weighted by Gasteiger charge is -2.15. The van der Waals surface area contributed by atoms with E-state index in [1.54, 1.807) is 11.8 Å². The van der Waals surface area contributed by atoms with Gasteiger partial charge in [-0.2, -0.15) is 0 Å². The number of ether oxygens (including phenoxy) is 2. The minimum Gasteiger partial charge on any atom is -0.494 e. The highest BCUT2D eigenvalue weighted by molar-refractivity contribution is 8.02. The van der Waals surface area contributed by atoms with Crippen LogP contribution in [-0.2, 0) is 11.3 Å². The Kier molecular flexibility index (Phi) is 14.7. The molecule has 0 bridgehead atoms. The molecule has 1 amide bonds. The van der Waals surface area contributed by atoms with Gasteiger partial charge in [0.25, 0.3) is 5.91 Å². The molecule has 0 radical (unpaired) electrons. The zero-order chi connectivity index (χ0) is 26.7. The maximum Gasteiger partial charge on any atom is 0.262 e. The van der Waals surface area contributed by atoms with Gasteiger partial charge < -0.3 is 19.7 Å². The lowest BCUT2D eigenvalue weighted by molar-refractivity contribution is -0.118. The number of benzene rings is 2. The fourth-order valence-electron chi connectivity index (χ4n) is 4.45. The van der Waals surface area contributed by atoms with Gasteiger partial charge >= 0.3 is 0 Å². The van der Waals surface area contributed by atoms with E-state index < -0.39 is 0 Å². The Morgan fingerprint density at radius 2 is 1.37 bits per heavy atom. The highest BCUT2D eigenvalue weighted by atomic mass is 32.2. The standard InChI is InChI=1S/C32H46N2O3S/c1-2-3-4-5-6-7-8-9-10-11-12-13-23-36-30-18-20-31(21-19-30)37-26-32(35)33-29-16-14-28(15-17-29)25-34-22-24-38-27-34/h14-22,24H,2-13,23,25-27H2,1H3,(H,33,35). The minimum atomic E-state index is -0.177. The van der Waals surface area contributed by atoms with Crippen molar-refractivity contribution in [2.45, 2.75) is 90.5 Å². The second-order valence-corrected chi connectivity index (χ2v) is 10.9. The molecule has 1 aliphatic rings. The van der Waals surface area contributed by atoms with Crippen LogP contribution in [0.3, 0.4) is 0 Å². The quantitative estimate of drug-likeness (QED) is 0.171. The summed E-state index contributed by atoms with van der Waals surface area (Å²) in [7, 11) is 0. The third-order valence-electron chi connectivity index (χ3n) is 6.69. The van der Waals surface area contributed by atoms with E-state index in [9.17, 15) is 4.79 Å². The molecule has 0 saturated carbocycles. The molecule has 1 aliphatic heterocycles. The van der Waals surface area contributed by atoms with Gasteiger partial charge in [-0.1, -0.05) is 89.7 Å². The number of nitrogens with one attached hydrogen (secondary N) is 1. The second-order valence-electron chi connectivity index (χ2n) is 10.1. The maximum absolute atomic E-state index is 12.3. The molecule has 6 heteroatoms. The van der Waals surface area contributed by atoms with Gasteiger partial charge in [0.05, 0.1) is 12.5 Å². The number of hydrogen-bond acceptors (Lipinski definition) is 5. The van der Waals surface area contributed by atoms with Gasteiger partial charge in [0.1, 0.15) is 11.5 Å². The lowest BCUT2D eigenvalue weighted by Crippen LogP contribution is -2.20. The number of unbranched alkanes of at least 4 members (excludes halogenated alkanes) is 11. The molecule has 1 N–H and O–H groups in total. The van der Waals surface area contributed by atoms with Crippen molar-refractivity contribution in [1.82, 2.24) is 4.90 Å². The zero-order valence-electron chi connectivity index (χ0n) is 23.2. The van der Waals surface area contributed by atoms with E-state index in [2.05, 4.69) is 28.7 Å². The predicted molar refractivity (Wildman–Crippen MR) is 161 cm³/mol. The van der Waals surface area contributed by atoms with E-state index in [0.29, 0.717) is 5.75 Å². The Hall–Kier alpha value is -2.60. The van der Waals surface area contributed by atoms with Crippen LogP contribution in [0.1, 0.15) is 89.5 Å². The Morgan fingerprint density at radius 3 is 1.95 bits per heavy atom. The SMILES string of the molecule is CCCCCCCCCCCCCCOc1ccc(OCC(=O)Nc2ccc(CN3C=CSC3)cc2)cc1. The number of thioether (sulfide) groups is 1. The van der Waals surface area contributed by atoms with E-state index in [4.69, 9.17) is 9.47 Å². The third-order valence-corrected chi connectivity index (χ3v) is 7.49. The molecule has 0 aliphatic carbocycles. The first-order chi connectivity index (χ1) is 18.7. The number of nitrogens with zero attached hydrogens (tertiary/aromatic N) is 1. The average Bonchev–Trinajstić information content (AvgIpc) is 3.45. The summed E-state index contributed by atoms with van der Waals surface area (Å²) in [5.74, 6) is 2.31. The van der Waals surface area contributed by atoms with Gasteiger partial charge in [-0.25, -0.2) is 0 Å². The summed E-state index contributed by atoms with van der Waals surface area (Å²) in [6.45, 7) is 3.86. The van der Waals surface area contributed by atoms with Crippen LogP contribution in [0, 0.1) is 0 Å². The molecule has 0 spiro atoms. The number of anilines is 1. The molecule has 0 saturated heterocycles. The van der Waals surface area contributed by atoms with Crippen LogP contribution in [0.5, 0.6) is 11.5 Å². The molecule has 5 nitrogen and oxygen atoms in total. The third kappa shape index (κ3) is 12.8. The van der Waals surface area contributed by atoms with Crippen LogP contribution in [0.25, 0.3) is 0 Å². The highest BCUT2D eigenvalue weighted by Gasteiger charge is 2.07. The van der Waals surface area contributed by atoms with Crippen LogP contribution < -0.4 is 14.8 Å². The van der Waals surface area contributed by atoms with E-state index in [1.807, 2.05) is 48.5 Å². The van der Waals surface area contributed by atoms with Crippen molar-refractivity contribution < 1.29 is 14.3 Å². The molecule has 0 aromatic heterocycles. The molecule has 0 unspecified atom stereocenters. The Labute approximate surface area is 234 Å². The van der Waals surface area contributed by atoms with E-state index in [-0.39, 0.29) is 12.5 Å². The van der Waals surface area contributed by atoms with Crippen LogP contribution in [-0.4, -0.2) is 29.9 Å². The van der Waals surface area contributed by atoms with E-state index in [1.165, 1.54) is 76.2 Å². The van der Waals surface area contributed by atoms with Gasteiger partial charge in [-0.3, -0.25) is 4.79 Å². The van der Waals surface area contributed by atoms with Gasteiger partial charge in [-0.15, -0.1) is 11.8 Å². The van der Waals surface area contributed by atoms with Crippen molar-refractivity contribution in [2.24, 2.45) is 0 Å². The largest absolute Gasteiger partial charge is 0.494 e. The number of rotatable bonds is 20. The fraction of sp³-hybridized carbons (Fsp3) is 0.531. The summed E-state index contributed by atoms with van der Waals surface area (Å²) in [6.07, 6.45) is 18.2. The van der Waals surface area contributed by atoms with E-state index in [0.717, 1.165) is 36.9 Å². The molecule has 208 valence electrons. The van der Waals surface area contributed by atoms with Crippen molar-refractivity contribution in [3.8, 4) is 11.5 Å². The average molecular weight is 539 g/mol. The van der Waals surface area contributed by atoms with Gasteiger partial charge in [0.15, 0.2) is 6.61 Å². The van der Waals surface area contributed by atoms with E-state index >= 15 is 0 Å². The first-order valence-corrected chi connectivity index (χ1v) is 15.5. The molecular weight excluding hydrogens is 492 g/mol. The summed E-state index contributed by atoms with van der Waals surface area (Å²) >= 11 is 1.79. The molecule has 2 aromatic rings. The summed E-state index contributed by atoms with van der Waals surface area (Å²) < 4.78 is 11.5. The molecule has 3 rings (SSSR count). The fourth-order valence-corrected chi connectivity index (χ4v) is 5.16. The van der Waals surface area contributed by atoms with Gasteiger partial charge in [0, 0.05) is 18.4 Å². The van der Waals surface area contributed by atoms with Gasteiger partial charge in [-0.05, 0) is 53.8 Å². The zero-order valence-corrected chi connectivity index (χ0v) is 24.0. The van der Waals surface area contributed by atoms with Crippen molar-refractivity contribution in [1.29, 1.82) is 0 Å².